The van der Waals surface area contributed by atoms with Crippen molar-refractivity contribution < 1.29 is 14.3 Å². The van der Waals surface area contributed by atoms with Gasteiger partial charge in [0.2, 0.25) is 0 Å². The Labute approximate surface area is 165 Å². The largest absolute Gasteiger partial charge is 0.448 e. The number of fused-ring (bicyclic) bond motifs is 2. The molecule has 1 atom stereocenters. The predicted octanol–water partition coefficient (Wildman–Crippen LogP) is 4.06. The van der Waals surface area contributed by atoms with Crippen LogP contribution in [0.25, 0.3) is 10.9 Å². The molecule has 27 heavy (non-hydrogen) atoms. The van der Waals surface area contributed by atoms with Gasteiger partial charge in [-0.3, -0.25) is 4.79 Å². The van der Waals surface area contributed by atoms with Crippen LogP contribution in [-0.2, 0) is 22.5 Å². The van der Waals surface area contributed by atoms with E-state index in [1.165, 1.54) is 5.56 Å². The molecule has 2 heterocycles. The van der Waals surface area contributed by atoms with Crippen molar-refractivity contribution in [1.29, 1.82) is 0 Å². The SMILES string of the molecule is CC(OC(=O)c1[nH]c2ccccc2c1Br)C(=O)N1CCc2ccccc2C1. The third kappa shape index (κ3) is 3.37. The number of hydrogen-bond acceptors (Lipinski definition) is 3. The van der Waals surface area contributed by atoms with Crippen LogP contribution in [0, 0.1) is 0 Å². The topological polar surface area (TPSA) is 62.4 Å². The van der Waals surface area contributed by atoms with Gasteiger partial charge in [-0.05, 0) is 46.5 Å². The second-order valence-electron chi connectivity index (χ2n) is 6.69. The number of benzene rings is 2. The van der Waals surface area contributed by atoms with E-state index in [1.807, 2.05) is 42.5 Å². The molecule has 1 N–H and O–H groups in total. The first-order valence-corrected chi connectivity index (χ1v) is 9.66. The summed E-state index contributed by atoms with van der Waals surface area (Å²) in [6, 6.07) is 15.7. The summed E-state index contributed by atoms with van der Waals surface area (Å²) in [6.45, 7) is 2.80. The van der Waals surface area contributed by atoms with Crippen LogP contribution in [0.4, 0.5) is 0 Å². The van der Waals surface area contributed by atoms with E-state index in [9.17, 15) is 9.59 Å². The minimum absolute atomic E-state index is 0.176. The lowest BCUT2D eigenvalue weighted by Gasteiger charge is -2.30. The number of H-pyrrole nitrogens is 1. The Morgan fingerprint density at radius 1 is 1.11 bits per heavy atom. The Hall–Kier alpha value is -2.60. The normalized spacial score (nSPS) is 14.7. The molecule has 1 aliphatic heterocycles. The average molecular weight is 427 g/mol. The molecule has 1 unspecified atom stereocenters. The number of para-hydroxylation sites is 1. The number of nitrogens with zero attached hydrogens (tertiary/aromatic N) is 1. The fourth-order valence-corrected chi connectivity index (χ4v) is 4.07. The predicted molar refractivity (Wildman–Crippen MR) is 106 cm³/mol. The van der Waals surface area contributed by atoms with Gasteiger partial charge >= 0.3 is 5.97 Å². The highest BCUT2D eigenvalue weighted by Crippen LogP contribution is 2.28. The van der Waals surface area contributed by atoms with Crippen LogP contribution in [0.15, 0.2) is 53.0 Å². The van der Waals surface area contributed by atoms with Gasteiger partial charge in [-0.1, -0.05) is 42.5 Å². The third-order valence-electron chi connectivity index (χ3n) is 4.92. The molecule has 1 aliphatic rings. The molecule has 0 spiro atoms. The molecule has 2 aromatic carbocycles. The molecule has 6 heteroatoms. The Balaban J connectivity index is 1.47. The van der Waals surface area contributed by atoms with Crippen LogP contribution in [-0.4, -0.2) is 34.4 Å². The molecule has 1 aromatic heterocycles. The standard InChI is InChI=1S/C21H19BrN2O3/c1-13(20(25)24-11-10-14-6-2-3-7-15(14)12-24)27-21(26)19-18(22)16-8-4-5-9-17(16)23-19/h2-9,13,23H,10-12H2,1H3. The van der Waals surface area contributed by atoms with Crippen molar-refractivity contribution in [3.05, 3.63) is 69.8 Å². The molecular formula is C21H19BrN2O3. The van der Waals surface area contributed by atoms with Gasteiger partial charge in [-0.15, -0.1) is 0 Å². The van der Waals surface area contributed by atoms with Crippen molar-refractivity contribution in [2.75, 3.05) is 6.54 Å². The van der Waals surface area contributed by atoms with Gasteiger partial charge < -0.3 is 14.6 Å². The summed E-state index contributed by atoms with van der Waals surface area (Å²) < 4.78 is 6.11. The number of halogens is 1. The zero-order valence-corrected chi connectivity index (χ0v) is 16.5. The maximum Gasteiger partial charge on any atom is 0.356 e. The second kappa shape index (κ2) is 7.19. The van der Waals surface area contributed by atoms with E-state index in [0.29, 0.717) is 23.3 Å². The minimum Gasteiger partial charge on any atom is -0.448 e. The van der Waals surface area contributed by atoms with Crippen molar-refractivity contribution in [3.8, 4) is 0 Å². The lowest BCUT2D eigenvalue weighted by Crippen LogP contribution is -2.42. The quantitative estimate of drug-likeness (QED) is 0.642. The summed E-state index contributed by atoms with van der Waals surface area (Å²) in [4.78, 5) is 30.1. The van der Waals surface area contributed by atoms with Crippen LogP contribution >= 0.6 is 15.9 Å². The minimum atomic E-state index is -0.846. The Morgan fingerprint density at radius 2 is 1.81 bits per heavy atom. The highest BCUT2D eigenvalue weighted by Gasteiger charge is 2.28. The van der Waals surface area contributed by atoms with E-state index in [1.54, 1.807) is 11.8 Å². The van der Waals surface area contributed by atoms with Gasteiger partial charge in [-0.25, -0.2) is 4.79 Å². The maximum absolute atomic E-state index is 12.8. The number of aromatic amines is 1. The zero-order chi connectivity index (χ0) is 19.0. The smallest absolute Gasteiger partial charge is 0.356 e. The first kappa shape index (κ1) is 17.8. The van der Waals surface area contributed by atoms with Gasteiger partial charge in [0.05, 0.1) is 4.47 Å². The van der Waals surface area contributed by atoms with E-state index >= 15 is 0 Å². The molecule has 0 bridgehead atoms. The molecule has 3 aromatic rings. The van der Waals surface area contributed by atoms with Crippen molar-refractivity contribution in [3.63, 3.8) is 0 Å². The molecule has 0 saturated carbocycles. The number of hydrogen-bond donors (Lipinski definition) is 1. The third-order valence-corrected chi connectivity index (χ3v) is 5.74. The molecule has 0 aliphatic carbocycles. The highest BCUT2D eigenvalue weighted by atomic mass is 79.9. The Bertz CT molecular complexity index is 1030. The van der Waals surface area contributed by atoms with Crippen LogP contribution in [0.3, 0.4) is 0 Å². The van der Waals surface area contributed by atoms with Crippen molar-refractivity contribution in [2.24, 2.45) is 0 Å². The lowest BCUT2D eigenvalue weighted by atomic mass is 9.99. The molecule has 0 radical (unpaired) electrons. The summed E-state index contributed by atoms with van der Waals surface area (Å²) in [5.41, 5.74) is 3.57. The van der Waals surface area contributed by atoms with Gasteiger partial charge in [0, 0.05) is 24.0 Å². The van der Waals surface area contributed by atoms with E-state index in [-0.39, 0.29) is 5.91 Å². The van der Waals surface area contributed by atoms with E-state index in [0.717, 1.165) is 22.9 Å². The maximum atomic E-state index is 12.8. The number of carbonyl (C=O) groups excluding carboxylic acids is 2. The summed E-state index contributed by atoms with van der Waals surface area (Å²) in [5.74, 6) is -0.721. The Kier molecular flexibility index (Phi) is 4.74. The Morgan fingerprint density at radius 3 is 2.59 bits per heavy atom. The molecular weight excluding hydrogens is 408 g/mol. The fourth-order valence-electron chi connectivity index (χ4n) is 3.46. The molecule has 0 saturated heterocycles. The van der Waals surface area contributed by atoms with Gasteiger partial charge in [0.25, 0.3) is 5.91 Å². The van der Waals surface area contributed by atoms with E-state index in [2.05, 4.69) is 27.0 Å². The summed E-state index contributed by atoms with van der Waals surface area (Å²) in [7, 11) is 0. The van der Waals surface area contributed by atoms with Crippen molar-refractivity contribution in [2.45, 2.75) is 26.0 Å². The number of esters is 1. The van der Waals surface area contributed by atoms with Crippen LogP contribution in [0.2, 0.25) is 0 Å². The second-order valence-corrected chi connectivity index (χ2v) is 7.48. The number of carbonyl (C=O) groups is 2. The highest BCUT2D eigenvalue weighted by molar-refractivity contribution is 9.10. The van der Waals surface area contributed by atoms with Crippen LogP contribution in [0.1, 0.15) is 28.5 Å². The zero-order valence-electron chi connectivity index (χ0n) is 14.9. The molecule has 4 rings (SSSR count). The number of nitrogens with one attached hydrogen (secondary N) is 1. The summed E-state index contributed by atoms with van der Waals surface area (Å²) in [6.07, 6.45) is -0.0306. The lowest BCUT2D eigenvalue weighted by molar-refractivity contribution is -0.140. The molecule has 0 fully saturated rings. The van der Waals surface area contributed by atoms with Crippen molar-refractivity contribution >= 4 is 38.7 Å². The van der Waals surface area contributed by atoms with Gasteiger partial charge in [0.15, 0.2) is 6.10 Å². The first-order chi connectivity index (χ1) is 13.0. The summed E-state index contributed by atoms with van der Waals surface area (Å²) in [5, 5.41) is 0.899. The van der Waals surface area contributed by atoms with E-state index in [4.69, 9.17) is 4.74 Å². The van der Waals surface area contributed by atoms with Gasteiger partial charge in [0.1, 0.15) is 5.69 Å². The molecule has 138 valence electrons. The number of aromatic nitrogens is 1. The number of amides is 1. The fraction of sp³-hybridized carbons (Fsp3) is 0.238. The van der Waals surface area contributed by atoms with Gasteiger partial charge in [-0.2, -0.15) is 0 Å². The molecule has 1 amide bonds. The monoisotopic (exact) mass is 426 g/mol. The number of rotatable bonds is 3. The van der Waals surface area contributed by atoms with Crippen LogP contribution in [0.5, 0.6) is 0 Å². The van der Waals surface area contributed by atoms with E-state index < -0.39 is 12.1 Å². The number of ether oxygens (including phenoxy) is 1. The van der Waals surface area contributed by atoms with Crippen LogP contribution < -0.4 is 0 Å². The average Bonchev–Trinajstić information content (AvgIpc) is 3.04. The van der Waals surface area contributed by atoms with Crippen molar-refractivity contribution in [1.82, 2.24) is 9.88 Å². The first-order valence-electron chi connectivity index (χ1n) is 8.87. The molecule has 5 nitrogen and oxygen atoms in total. The summed E-state index contributed by atoms with van der Waals surface area (Å²) >= 11 is 3.45.